The summed E-state index contributed by atoms with van der Waals surface area (Å²) in [6, 6.07) is 18.5. The molecule has 2 aliphatic rings. The zero-order valence-corrected chi connectivity index (χ0v) is 17.2. The average Bonchev–Trinajstić information content (AvgIpc) is 3.02. The SMILES string of the molecule is C=C1OB(c2cccc(N3CCO[C@@H](COCc4ccccc4)C3)c2)OC1(C)C. The molecule has 0 spiro atoms. The van der Waals surface area contributed by atoms with E-state index in [1.54, 1.807) is 0 Å². The monoisotopic (exact) mass is 393 g/mol. The molecular weight excluding hydrogens is 365 g/mol. The van der Waals surface area contributed by atoms with E-state index in [1.165, 1.54) is 5.56 Å². The van der Waals surface area contributed by atoms with Crippen molar-refractivity contribution in [3.63, 3.8) is 0 Å². The Kier molecular flexibility index (Phi) is 5.95. The van der Waals surface area contributed by atoms with Crippen molar-refractivity contribution < 1.29 is 18.8 Å². The van der Waals surface area contributed by atoms with E-state index >= 15 is 0 Å². The Balaban J connectivity index is 1.35. The lowest BCUT2D eigenvalue weighted by Gasteiger charge is -2.34. The molecule has 2 aromatic rings. The van der Waals surface area contributed by atoms with E-state index in [1.807, 2.05) is 44.2 Å². The minimum Gasteiger partial charge on any atom is -0.534 e. The molecule has 29 heavy (non-hydrogen) atoms. The predicted octanol–water partition coefficient (Wildman–Crippen LogP) is 3.14. The topological polar surface area (TPSA) is 40.2 Å². The molecule has 0 saturated carbocycles. The van der Waals surface area contributed by atoms with Crippen LogP contribution < -0.4 is 10.4 Å². The molecule has 152 valence electrons. The zero-order valence-electron chi connectivity index (χ0n) is 17.2. The van der Waals surface area contributed by atoms with Gasteiger partial charge in [0.2, 0.25) is 0 Å². The molecule has 2 saturated heterocycles. The summed E-state index contributed by atoms with van der Waals surface area (Å²) in [5.74, 6) is 0.662. The fourth-order valence-corrected chi connectivity index (χ4v) is 3.57. The number of benzene rings is 2. The molecule has 1 atom stereocenters. The highest BCUT2D eigenvalue weighted by Crippen LogP contribution is 2.29. The van der Waals surface area contributed by atoms with Crippen molar-refractivity contribution in [3.05, 3.63) is 72.5 Å². The van der Waals surface area contributed by atoms with Gasteiger partial charge < -0.3 is 23.7 Å². The number of rotatable bonds is 6. The van der Waals surface area contributed by atoms with Gasteiger partial charge in [-0.1, -0.05) is 49.0 Å². The average molecular weight is 393 g/mol. The van der Waals surface area contributed by atoms with Crippen molar-refractivity contribution in [2.24, 2.45) is 0 Å². The van der Waals surface area contributed by atoms with Crippen LogP contribution in [0.15, 0.2) is 66.9 Å². The highest BCUT2D eigenvalue weighted by atomic mass is 16.7. The molecule has 2 heterocycles. The van der Waals surface area contributed by atoms with E-state index in [0.717, 1.165) is 24.2 Å². The van der Waals surface area contributed by atoms with Crippen LogP contribution in [-0.2, 0) is 25.4 Å². The Bertz CT molecular complexity index is 842. The van der Waals surface area contributed by atoms with Gasteiger partial charge in [-0.2, -0.15) is 0 Å². The maximum Gasteiger partial charge on any atom is 0.563 e. The molecule has 0 aromatic heterocycles. The van der Waals surface area contributed by atoms with Crippen LogP contribution in [0.2, 0.25) is 0 Å². The second-order valence-electron chi connectivity index (χ2n) is 8.04. The van der Waals surface area contributed by atoms with Crippen LogP contribution in [0.3, 0.4) is 0 Å². The van der Waals surface area contributed by atoms with E-state index in [9.17, 15) is 0 Å². The van der Waals surface area contributed by atoms with Crippen LogP contribution in [0.5, 0.6) is 0 Å². The molecule has 0 bridgehead atoms. The summed E-state index contributed by atoms with van der Waals surface area (Å²) in [6.45, 7) is 11.4. The first-order valence-corrected chi connectivity index (χ1v) is 10.1. The minimum atomic E-state index is -0.471. The molecule has 2 aromatic carbocycles. The van der Waals surface area contributed by atoms with E-state index in [4.69, 9.17) is 18.8 Å². The first-order valence-electron chi connectivity index (χ1n) is 10.1. The molecule has 2 fully saturated rings. The van der Waals surface area contributed by atoms with Gasteiger partial charge in [-0.15, -0.1) is 0 Å². The second-order valence-corrected chi connectivity index (χ2v) is 8.04. The van der Waals surface area contributed by atoms with Crippen LogP contribution in [-0.4, -0.2) is 45.1 Å². The molecule has 0 N–H and O–H groups in total. The van der Waals surface area contributed by atoms with Gasteiger partial charge >= 0.3 is 7.12 Å². The van der Waals surface area contributed by atoms with Gasteiger partial charge in [0.25, 0.3) is 0 Å². The smallest absolute Gasteiger partial charge is 0.534 e. The maximum atomic E-state index is 6.02. The third-order valence-corrected chi connectivity index (χ3v) is 5.38. The van der Waals surface area contributed by atoms with Gasteiger partial charge in [-0.3, -0.25) is 0 Å². The van der Waals surface area contributed by atoms with Crippen molar-refractivity contribution >= 4 is 18.3 Å². The fraction of sp³-hybridized carbons (Fsp3) is 0.391. The quantitative estimate of drug-likeness (QED) is 0.706. The van der Waals surface area contributed by atoms with Gasteiger partial charge in [0.1, 0.15) is 5.60 Å². The third-order valence-electron chi connectivity index (χ3n) is 5.38. The Hall–Kier alpha value is -2.28. The second kappa shape index (κ2) is 8.62. The van der Waals surface area contributed by atoms with E-state index in [0.29, 0.717) is 25.6 Å². The van der Waals surface area contributed by atoms with E-state index < -0.39 is 12.7 Å². The third kappa shape index (κ3) is 4.83. The number of hydrogen-bond donors (Lipinski definition) is 0. The summed E-state index contributed by atoms with van der Waals surface area (Å²) >= 11 is 0. The van der Waals surface area contributed by atoms with Gasteiger partial charge in [0, 0.05) is 18.8 Å². The van der Waals surface area contributed by atoms with Crippen LogP contribution in [0.4, 0.5) is 5.69 Å². The molecule has 5 nitrogen and oxygen atoms in total. The number of hydrogen-bond acceptors (Lipinski definition) is 5. The Labute approximate surface area is 173 Å². The summed E-state index contributed by atoms with van der Waals surface area (Å²) < 4.78 is 23.7. The first kappa shape index (κ1) is 20.0. The van der Waals surface area contributed by atoms with Crippen LogP contribution in [0.1, 0.15) is 19.4 Å². The Morgan fingerprint density at radius 3 is 2.76 bits per heavy atom. The lowest BCUT2D eigenvalue weighted by Crippen LogP contribution is -2.45. The molecule has 4 rings (SSSR count). The molecule has 0 radical (unpaired) electrons. The fourth-order valence-electron chi connectivity index (χ4n) is 3.57. The lowest BCUT2D eigenvalue weighted by atomic mass is 9.79. The Morgan fingerprint density at radius 1 is 1.17 bits per heavy atom. The van der Waals surface area contributed by atoms with Crippen molar-refractivity contribution in [2.75, 3.05) is 31.2 Å². The zero-order chi connectivity index (χ0) is 20.3. The van der Waals surface area contributed by atoms with Crippen molar-refractivity contribution in [1.82, 2.24) is 0 Å². The predicted molar refractivity (Wildman–Crippen MR) is 115 cm³/mol. The summed E-state index contributed by atoms with van der Waals surface area (Å²) in [5.41, 5.74) is 2.84. The van der Waals surface area contributed by atoms with Crippen LogP contribution in [0, 0.1) is 0 Å². The van der Waals surface area contributed by atoms with E-state index in [2.05, 4.69) is 35.7 Å². The molecule has 0 amide bonds. The minimum absolute atomic E-state index is 0.0498. The molecule has 2 aliphatic heterocycles. The van der Waals surface area contributed by atoms with Gasteiger partial charge in [-0.05, 0) is 37.0 Å². The largest absolute Gasteiger partial charge is 0.563 e. The van der Waals surface area contributed by atoms with Crippen molar-refractivity contribution in [3.8, 4) is 0 Å². The lowest BCUT2D eigenvalue weighted by molar-refractivity contribution is -0.0283. The van der Waals surface area contributed by atoms with Gasteiger partial charge in [0.05, 0.1) is 31.7 Å². The molecule has 0 aliphatic carbocycles. The molecular formula is C23H28BNO4. The summed E-state index contributed by atoms with van der Waals surface area (Å²) in [6.07, 6.45) is 0.0498. The molecule has 6 heteroatoms. The number of anilines is 1. The summed E-state index contributed by atoms with van der Waals surface area (Å²) in [5, 5.41) is 0. The highest BCUT2D eigenvalue weighted by molar-refractivity contribution is 6.62. The highest BCUT2D eigenvalue weighted by Gasteiger charge is 2.42. The Morgan fingerprint density at radius 2 is 2.00 bits per heavy atom. The number of nitrogens with zero attached hydrogens (tertiary/aromatic N) is 1. The first-order chi connectivity index (χ1) is 14.0. The maximum absolute atomic E-state index is 6.02. The molecule has 0 unspecified atom stereocenters. The number of morpholine rings is 1. The van der Waals surface area contributed by atoms with Crippen LogP contribution in [0.25, 0.3) is 0 Å². The van der Waals surface area contributed by atoms with Gasteiger partial charge in [0.15, 0.2) is 0 Å². The number of ether oxygens (including phenoxy) is 2. The summed E-state index contributed by atoms with van der Waals surface area (Å²) in [7, 11) is -0.413. The van der Waals surface area contributed by atoms with Gasteiger partial charge in [-0.25, -0.2) is 0 Å². The van der Waals surface area contributed by atoms with E-state index in [-0.39, 0.29) is 6.10 Å². The normalized spacial score (nSPS) is 21.3. The van der Waals surface area contributed by atoms with Crippen LogP contribution >= 0.6 is 0 Å². The van der Waals surface area contributed by atoms with Crippen molar-refractivity contribution in [1.29, 1.82) is 0 Å². The van der Waals surface area contributed by atoms with Crippen molar-refractivity contribution in [2.45, 2.75) is 32.2 Å². The summed E-state index contributed by atoms with van der Waals surface area (Å²) in [4.78, 5) is 2.33. The standard InChI is InChI=1S/C23H28BNO4/c1-18-23(2,3)29-24(28-18)20-10-7-11-21(14-20)25-12-13-27-22(15-25)17-26-16-19-8-5-4-6-9-19/h4-11,14,22H,1,12-13,15-17H2,2-3H3/t22-/m1/s1.